The van der Waals surface area contributed by atoms with E-state index in [2.05, 4.69) is 15.8 Å². The van der Waals surface area contributed by atoms with Gasteiger partial charge in [0.25, 0.3) is 5.91 Å². The van der Waals surface area contributed by atoms with Gasteiger partial charge < -0.3 is 14.8 Å². The van der Waals surface area contributed by atoms with Crippen molar-refractivity contribution in [1.29, 1.82) is 0 Å². The van der Waals surface area contributed by atoms with Gasteiger partial charge in [-0.3, -0.25) is 9.59 Å². The van der Waals surface area contributed by atoms with Gasteiger partial charge in [-0.05, 0) is 42.0 Å². The van der Waals surface area contributed by atoms with Crippen LogP contribution in [0.2, 0.25) is 5.02 Å². The summed E-state index contributed by atoms with van der Waals surface area (Å²) in [7, 11) is 3.00. The van der Waals surface area contributed by atoms with Gasteiger partial charge in [0.1, 0.15) is 0 Å². The maximum absolute atomic E-state index is 12.1. The first-order valence-electron chi connectivity index (χ1n) is 7.57. The summed E-state index contributed by atoms with van der Waals surface area (Å²) in [5, 5.41) is 6.91. The number of halogens is 1. The second kappa shape index (κ2) is 8.87. The minimum Gasteiger partial charge on any atom is -0.493 e. The number of hydrazone groups is 1. The average Bonchev–Trinajstić information content (AvgIpc) is 2.61. The molecule has 0 radical (unpaired) electrons. The molecule has 136 valence electrons. The monoisotopic (exact) mass is 375 g/mol. The van der Waals surface area contributed by atoms with Crippen LogP contribution in [0.4, 0.5) is 5.69 Å². The van der Waals surface area contributed by atoms with Crippen molar-refractivity contribution in [2.45, 2.75) is 6.92 Å². The fourth-order valence-corrected chi connectivity index (χ4v) is 2.45. The highest BCUT2D eigenvalue weighted by Gasteiger charge is 2.10. The summed E-state index contributed by atoms with van der Waals surface area (Å²) in [6.07, 6.45) is 1.44. The fraction of sp³-hybridized carbons (Fsp3) is 0.167. The third-order valence-corrected chi connectivity index (χ3v) is 3.58. The smallest absolute Gasteiger partial charge is 0.271 e. The van der Waals surface area contributed by atoms with E-state index in [4.69, 9.17) is 21.1 Å². The fourth-order valence-electron chi connectivity index (χ4n) is 2.15. The van der Waals surface area contributed by atoms with Crippen LogP contribution in [0.5, 0.6) is 11.5 Å². The summed E-state index contributed by atoms with van der Waals surface area (Å²) >= 11 is 6.12. The third-order valence-electron chi connectivity index (χ3n) is 3.30. The lowest BCUT2D eigenvalue weighted by molar-refractivity contribution is -0.114. The average molecular weight is 376 g/mol. The second-order valence-electron chi connectivity index (χ2n) is 5.20. The number of ether oxygens (including phenoxy) is 2. The molecule has 8 heteroatoms. The van der Waals surface area contributed by atoms with Gasteiger partial charge in [-0.2, -0.15) is 5.10 Å². The number of nitrogens with zero attached hydrogens (tertiary/aromatic N) is 1. The number of anilines is 1. The zero-order chi connectivity index (χ0) is 19.1. The van der Waals surface area contributed by atoms with E-state index in [-0.39, 0.29) is 11.8 Å². The predicted molar refractivity (Wildman–Crippen MR) is 100 cm³/mol. The topological polar surface area (TPSA) is 89.0 Å². The molecule has 0 saturated carbocycles. The summed E-state index contributed by atoms with van der Waals surface area (Å²) < 4.78 is 10.4. The van der Waals surface area contributed by atoms with E-state index in [0.717, 1.165) is 0 Å². The van der Waals surface area contributed by atoms with Crippen LogP contribution in [0, 0.1) is 0 Å². The van der Waals surface area contributed by atoms with E-state index < -0.39 is 0 Å². The number of amides is 2. The standard InChI is InChI=1S/C18H18ClN3O4/c1-11(23)21-14-6-4-13(5-7-14)18(24)22-20-10-12-8-15(19)17(26-3)16(9-12)25-2/h4-10H,1-3H3,(H,21,23)(H,22,24)/b20-10-. The van der Waals surface area contributed by atoms with E-state index in [9.17, 15) is 9.59 Å². The van der Waals surface area contributed by atoms with E-state index in [1.165, 1.54) is 27.4 Å². The van der Waals surface area contributed by atoms with Gasteiger partial charge in [0.2, 0.25) is 5.91 Å². The Kier molecular flexibility index (Phi) is 6.57. The van der Waals surface area contributed by atoms with Crippen molar-refractivity contribution in [3.8, 4) is 11.5 Å². The van der Waals surface area contributed by atoms with Gasteiger partial charge in [-0.25, -0.2) is 5.43 Å². The van der Waals surface area contributed by atoms with Crippen molar-refractivity contribution in [1.82, 2.24) is 5.43 Å². The molecule has 2 aromatic carbocycles. The maximum Gasteiger partial charge on any atom is 0.271 e. The van der Waals surface area contributed by atoms with Crippen molar-refractivity contribution in [3.05, 3.63) is 52.5 Å². The Bertz CT molecular complexity index is 835. The van der Waals surface area contributed by atoms with Gasteiger partial charge in [-0.15, -0.1) is 0 Å². The molecule has 2 aromatic rings. The molecule has 0 fully saturated rings. The Morgan fingerprint density at radius 2 is 1.81 bits per heavy atom. The summed E-state index contributed by atoms with van der Waals surface area (Å²) in [5.74, 6) is 0.318. The molecule has 7 nitrogen and oxygen atoms in total. The number of rotatable bonds is 6. The van der Waals surface area contributed by atoms with Crippen molar-refractivity contribution < 1.29 is 19.1 Å². The molecule has 26 heavy (non-hydrogen) atoms. The number of carbonyl (C=O) groups is 2. The quantitative estimate of drug-likeness (QED) is 0.599. The predicted octanol–water partition coefficient (Wildman–Crippen LogP) is 3.08. The van der Waals surface area contributed by atoms with Crippen LogP contribution >= 0.6 is 11.6 Å². The van der Waals surface area contributed by atoms with Crippen LogP contribution in [-0.2, 0) is 4.79 Å². The van der Waals surface area contributed by atoms with Crippen molar-refractivity contribution in [3.63, 3.8) is 0 Å². The molecule has 0 saturated heterocycles. The highest BCUT2D eigenvalue weighted by atomic mass is 35.5. The Morgan fingerprint density at radius 3 is 2.38 bits per heavy atom. The highest BCUT2D eigenvalue weighted by molar-refractivity contribution is 6.32. The summed E-state index contributed by atoms with van der Waals surface area (Å²) in [5.41, 5.74) is 4.07. The zero-order valence-electron chi connectivity index (χ0n) is 14.5. The molecule has 2 amide bonds. The number of benzene rings is 2. The van der Waals surface area contributed by atoms with Gasteiger partial charge >= 0.3 is 0 Å². The summed E-state index contributed by atoms with van der Waals surface area (Å²) in [6, 6.07) is 9.76. The molecule has 0 bridgehead atoms. The molecular formula is C18H18ClN3O4. The lowest BCUT2D eigenvalue weighted by Crippen LogP contribution is -2.17. The first-order valence-corrected chi connectivity index (χ1v) is 7.95. The number of hydrogen-bond donors (Lipinski definition) is 2. The normalized spacial score (nSPS) is 10.5. The van der Waals surface area contributed by atoms with Gasteiger partial charge in [0, 0.05) is 18.2 Å². The Labute approximate surface area is 155 Å². The van der Waals surface area contributed by atoms with Crippen LogP contribution in [0.1, 0.15) is 22.8 Å². The van der Waals surface area contributed by atoms with Crippen molar-refractivity contribution in [2.24, 2.45) is 5.10 Å². The summed E-state index contributed by atoms with van der Waals surface area (Å²) in [6.45, 7) is 1.41. The van der Waals surface area contributed by atoms with Gasteiger partial charge in [-0.1, -0.05) is 11.6 Å². The van der Waals surface area contributed by atoms with Crippen LogP contribution < -0.4 is 20.2 Å². The Morgan fingerprint density at radius 1 is 1.12 bits per heavy atom. The molecule has 0 unspecified atom stereocenters. The maximum atomic E-state index is 12.1. The largest absolute Gasteiger partial charge is 0.493 e. The molecule has 0 atom stereocenters. The Hall–Kier alpha value is -3.06. The molecule has 0 heterocycles. The van der Waals surface area contributed by atoms with E-state index in [1.807, 2.05) is 0 Å². The van der Waals surface area contributed by atoms with Gasteiger partial charge in [0.05, 0.1) is 25.5 Å². The van der Waals surface area contributed by atoms with Crippen LogP contribution in [0.15, 0.2) is 41.5 Å². The van der Waals surface area contributed by atoms with Crippen LogP contribution in [-0.4, -0.2) is 32.2 Å². The number of hydrogen-bond acceptors (Lipinski definition) is 5. The van der Waals surface area contributed by atoms with Crippen LogP contribution in [0.25, 0.3) is 0 Å². The van der Waals surface area contributed by atoms with E-state index in [0.29, 0.717) is 33.3 Å². The van der Waals surface area contributed by atoms with E-state index >= 15 is 0 Å². The first kappa shape index (κ1) is 19.3. The zero-order valence-corrected chi connectivity index (χ0v) is 15.3. The number of nitrogens with one attached hydrogen (secondary N) is 2. The van der Waals surface area contributed by atoms with Gasteiger partial charge in [0.15, 0.2) is 11.5 Å². The lowest BCUT2D eigenvalue weighted by atomic mass is 10.2. The molecular weight excluding hydrogens is 358 g/mol. The summed E-state index contributed by atoms with van der Waals surface area (Å²) in [4.78, 5) is 23.1. The van der Waals surface area contributed by atoms with Crippen LogP contribution in [0.3, 0.4) is 0 Å². The minimum absolute atomic E-state index is 0.180. The SMILES string of the molecule is COc1cc(/C=N\NC(=O)c2ccc(NC(C)=O)cc2)cc(Cl)c1OC. The van der Waals surface area contributed by atoms with Crippen molar-refractivity contribution in [2.75, 3.05) is 19.5 Å². The minimum atomic E-state index is -0.387. The molecule has 0 aliphatic carbocycles. The second-order valence-corrected chi connectivity index (χ2v) is 5.60. The number of carbonyl (C=O) groups excluding carboxylic acids is 2. The molecule has 0 aromatic heterocycles. The molecule has 2 N–H and O–H groups in total. The number of methoxy groups -OCH3 is 2. The lowest BCUT2D eigenvalue weighted by Gasteiger charge is -2.09. The van der Waals surface area contributed by atoms with E-state index in [1.54, 1.807) is 36.4 Å². The molecule has 0 aliphatic heterocycles. The molecule has 2 rings (SSSR count). The first-order chi connectivity index (χ1) is 12.4. The molecule has 0 spiro atoms. The Balaban J connectivity index is 2.05. The molecule has 0 aliphatic rings. The third kappa shape index (κ3) is 4.97. The van der Waals surface area contributed by atoms with Crippen molar-refractivity contribution >= 4 is 35.3 Å². The highest BCUT2D eigenvalue weighted by Crippen LogP contribution is 2.35.